The average molecular weight is 240 g/mol. The van der Waals surface area contributed by atoms with E-state index >= 15 is 0 Å². The fourth-order valence-electron chi connectivity index (χ4n) is 2.08. The molecule has 0 aliphatic heterocycles. The zero-order valence-electron chi connectivity index (χ0n) is 10.1. The number of pyridine rings is 1. The molecule has 0 bridgehead atoms. The number of hydrogen-bond donors (Lipinski definition) is 1. The van der Waals surface area contributed by atoms with E-state index in [-0.39, 0.29) is 5.56 Å². The number of H-pyrrole nitrogens is 1. The standard InChI is InChI=1S/C13H12N4O/c1-8-7-11(18)17-13(15-8)12(9(2)16-17)10-5-3-4-6-14-10/h3-7,16H,1-2H3. The molecule has 0 unspecified atom stereocenters. The van der Waals surface area contributed by atoms with Gasteiger partial charge in [-0.15, -0.1) is 0 Å². The van der Waals surface area contributed by atoms with Crippen molar-refractivity contribution >= 4 is 5.65 Å². The first kappa shape index (κ1) is 10.7. The first-order chi connectivity index (χ1) is 8.66. The Morgan fingerprint density at radius 3 is 2.83 bits per heavy atom. The molecule has 1 N–H and O–H groups in total. The van der Waals surface area contributed by atoms with Crippen molar-refractivity contribution in [1.29, 1.82) is 0 Å². The molecule has 0 saturated carbocycles. The first-order valence-electron chi connectivity index (χ1n) is 5.67. The molecule has 5 heteroatoms. The summed E-state index contributed by atoms with van der Waals surface area (Å²) in [6.45, 7) is 3.72. The zero-order chi connectivity index (χ0) is 12.7. The summed E-state index contributed by atoms with van der Waals surface area (Å²) in [5, 5.41) is 3.02. The van der Waals surface area contributed by atoms with Gasteiger partial charge in [0.05, 0.1) is 11.3 Å². The molecule has 3 aromatic heterocycles. The van der Waals surface area contributed by atoms with Crippen molar-refractivity contribution in [3.05, 3.63) is 52.2 Å². The molecule has 0 aliphatic rings. The van der Waals surface area contributed by atoms with Crippen LogP contribution in [-0.4, -0.2) is 19.6 Å². The van der Waals surface area contributed by atoms with E-state index in [1.54, 1.807) is 6.20 Å². The molecule has 3 heterocycles. The Morgan fingerprint density at radius 1 is 1.28 bits per heavy atom. The van der Waals surface area contributed by atoms with Gasteiger partial charge in [0.2, 0.25) is 0 Å². The van der Waals surface area contributed by atoms with Gasteiger partial charge in [-0.1, -0.05) is 6.07 Å². The summed E-state index contributed by atoms with van der Waals surface area (Å²) in [6.07, 6.45) is 1.73. The number of nitrogens with zero attached hydrogens (tertiary/aromatic N) is 3. The van der Waals surface area contributed by atoms with Gasteiger partial charge in [0.1, 0.15) is 0 Å². The SMILES string of the molecule is Cc1cc(=O)n2[nH]c(C)c(-c3ccccn3)c2n1. The molecule has 0 amide bonds. The molecule has 3 aromatic rings. The summed E-state index contributed by atoms with van der Waals surface area (Å²) >= 11 is 0. The highest BCUT2D eigenvalue weighted by Gasteiger charge is 2.14. The van der Waals surface area contributed by atoms with Crippen LogP contribution in [0.25, 0.3) is 16.9 Å². The second kappa shape index (κ2) is 3.80. The van der Waals surface area contributed by atoms with Crippen molar-refractivity contribution in [3.8, 4) is 11.3 Å². The van der Waals surface area contributed by atoms with Gasteiger partial charge in [-0.25, -0.2) is 9.50 Å². The normalized spacial score (nSPS) is 11.0. The van der Waals surface area contributed by atoms with Crippen LogP contribution >= 0.6 is 0 Å². The van der Waals surface area contributed by atoms with Crippen molar-refractivity contribution in [2.45, 2.75) is 13.8 Å². The van der Waals surface area contributed by atoms with E-state index in [1.807, 2.05) is 32.0 Å². The number of rotatable bonds is 1. The van der Waals surface area contributed by atoms with Crippen LogP contribution in [0.15, 0.2) is 35.3 Å². The van der Waals surface area contributed by atoms with Crippen LogP contribution in [0.2, 0.25) is 0 Å². The molecule has 90 valence electrons. The predicted octanol–water partition coefficient (Wildman–Crippen LogP) is 1.70. The van der Waals surface area contributed by atoms with Gasteiger partial charge in [-0.2, -0.15) is 0 Å². The zero-order valence-corrected chi connectivity index (χ0v) is 10.1. The molecular formula is C13H12N4O. The highest BCUT2D eigenvalue weighted by Crippen LogP contribution is 2.23. The third kappa shape index (κ3) is 1.52. The maximum atomic E-state index is 11.9. The summed E-state index contributed by atoms with van der Waals surface area (Å²) < 4.78 is 1.45. The number of fused-ring (bicyclic) bond motifs is 1. The molecule has 3 rings (SSSR count). The Morgan fingerprint density at radius 2 is 2.11 bits per heavy atom. The van der Waals surface area contributed by atoms with Crippen molar-refractivity contribution in [3.63, 3.8) is 0 Å². The minimum atomic E-state index is -0.109. The predicted molar refractivity (Wildman–Crippen MR) is 68.5 cm³/mol. The third-order valence-electron chi connectivity index (χ3n) is 2.85. The van der Waals surface area contributed by atoms with Gasteiger partial charge in [0.25, 0.3) is 5.56 Å². The summed E-state index contributed by atoms with van der Waals surface area (Å²) in [5.74, 6) is 0. The lowest BCUT2D eigenvalue weighted by atomic mass is 10.1. The van der Waals surface area contributed by atoms with Gasteiger partial charge in [-0.3, -0.25) is 14.9 Å². The van der Waals surface area contributed by atoms with Crippen LogP contribution in [0.1, 0.15) is 11.4 Å². The number of nitrogens with one attached hydrogen (secondary N) is 1. The quantitative estimate of drug-likeness (QED) is 0.704. The van der Waals surface area contributed by atoms with E-state index < -0.39 is 0 Å². The Labute approximate surface area is 103 Å². The van der Waals surface area contributed by atoms with Crippen molar-refractivity contribution in [2.24, 2.45) is 0 Å². The van der Waals surface area contributed by atoms with Crippen LogP contribution < -0.4 is 5.56 Å². The van der Waals surface area contributed by atoms with Crippen LogP contribution in [-0.2, 0) is 0 Å². The van der Waals surface area contributed by atoms with E-state index in [4.69, 9.17) is 0 Å². The Hall–Kier alpha value is -2.43. The molecule has 0 aromatic carbocycles. The molecule has 0 saturated heterocycles. The second-order valence-corrected chi connectivity index (χ2v) is 4.22. The lowest BCUT2D eigenvalue weighted by Gasteiger charge is -1.99. The average Bonchev–Trinajstić information content (AvgIpc) is 2.67. The molecule has 0 spiro atoms. The Bertz CT molecular complexity index is 771. The number of aromatic nitrogens is 4. The summed E-state index contributed by atoms with van der Waals surface area (Å²) in [6, 6.07) is 7.19. The molecule has 0 radical (unpaired) electrons. The number of hydrogen-bond acceptors (Lipinski definition) is 3. The lowest BCUT2D eigenvalue weighted by molar-refractivity contribution is 0.873. The summed E-state index contributed by atoms with van der Waals surface area (Å²) in [5.41, 5.74) is 3.78. The number of aryl methyl sites for hydroxylation is 2. The summed E-state index contributed by atoms with van der Waals surface area (Å²) in [4.78, 5) is 20.6. The maximum Gasteiger partial charge on any atom is 0.272 e. The van der Waals surface area contributed by atoms with Gasteiger partial charge in [0.15, 0.2) is 5.65 Å². The van der Waals surface area contributed by atoms with E-state index in [0.29, 0.717) is 11.3 Å². The Balaban J connectivity index is 2.43. The van der Waals surface area contributed by atoms with Gasteiger partial charge in [-0.05, 0) is 26.0 Å². The fraction of sp³-hybridized carbons (Fsp3) is 0.154. The lowest BCUT2D eigenvalue weighted by Crippen LogP contribution is -2.14. The fourth-order valence-corrected chi connectivity index (χ4v) is 2.08. The highest BCUT2D eigenvalue weighted by atomic mass is 16.1. The molecule has 5 nitrogen and oxygen atoms in total. The smallest absolute Gasteiger partial charge is 0.272 e. The number of aromatic amines is 1. The Kier molecular flexibility index (Phi) is 2.26. The highest BCUT2D eigenvalue weighted by molar-refractivity contribution is 5.77. The maximum absolute atomic E-state index is 11.9. The minimum Gasteiger partial charge on any atom is -0.293 e. The monoisotopic (exact) mass is 240 g/mol. The van der Waals surface area contributed by atoms with Gasteiger partial charge < -0.3 is 0 Å². The second-order valence-electron chi connectivity index (χ2n) is 4.22. The van der Waals surface area contributed by atoms with Crippen molar-refractivity contribution in [2.75, 3.05) is 0 Å². The molecular weight excluding hydrogens is 228 g/mol. The van der Waals surface area contributed by atoms with Crippen molar-refractivity contribution < 1.29 is 0 Å². The van der Waals surface area contributed by atoms with Crippen LogP contribution in [0, 0.1) is 13.8 Å². The van der Waals surface area contributed by atoms with Gasteiger partial charge in [0, 0.05) is 23.7 Å². The molecule has 0 aliphatic carbocycles. The van der Waals surface area contributed by atoms with E-state index in [9.17, 15) is 4.79 Å². The topological polar surface area (TPSA) is 63.0 Å². The first-order valence-corrected chi connectivity index (χ1v) is 5.67. The summed E-state index contributed by atoms with van der Waals surface area (Å²) in [7, 11) is 0. The molecule has 0 fully saturated rings. The molecule has 18 heavy (non-hydrogen) atoms. The molecule has 0 atom stereocenters. The minimum absolute atomic E-state index is 0.109. The van der Waals surface area contributed by atoms with E-state index in [0.717, 1.165) is 17.0 Å². The third-order valence-corrected chi connectivity index (χ3v) is 2.85. The van der Waals surface area contributed by atoms with E-state index in [2.05, 4.69) is 15.1 Å². The van der Waals surface area contributed by atoms with Crippen molar-refractivity contribution in [1.82, 2.24) is 19.6 Å². The van der Waals surface area contributed by atoms with E-state index in [1.165, 1.54) is 10.6 Å². The van der Waals surface area contributed by atoms with Gasteiger partial charge >= 0.3 is 0 Å². The largest absolute Gasteiger partial charge is 0.293 e. The van der Waals surface area contributed by atoms with Crippen LogP contribution in [0.5, 0.6) is 0 Å². The van der Waals surface area contributed by atoms with Crippen LogP contribution in [0.4, 0.5) is 0 Å². The van der Waals surface area contributed by atoms with Crippen LogP contribution in [0.3, 0.4) is 0 Å².